The van der Waals surface area contributed by atoms with Gasteiger partial charge in [0.15, 0.2) is 0 Å². The van der Waals surface area contributed by atoms with Crippen LogP contribution in [0.5, 0.6) is 0 Å². The van der Waals surface area contributed by atoms with Gasteiger partial charge in [-0.3, -0.25) is 4.79 Å². The van der Waals surface area contributed by atoms with Crippen LogP contribution < -0.4 is 0 Å². The molecule has 0 N–H and O–H groups in total. The molecule has 2 heteroatoms. The van der Waals surface area contributed by atoms with Gasteiger partial charge in [-0.05, 0) is 0 Å². The molecule has 7 heavy (non-hydrogen) atoms. The molecule has 0 heterocycles. The van der Waals surface area contributed by atoms with Gasteiger partial charge in [-0.1, -0.05) is 6.08 Å². The smallest absolute Gasteiger partial charge is 0.309 e. The molecule has 0 bridgehead atoms. The number of rotatable bonds is 2. The van der Waals surface area contributed by atoms with Gasteiger partial charge in [0.2, 0.25) is 0 Å². The second kappa shape index (κ2) is 3.40. The van der Waals surface area contributed by atoms with Gasteiger partial charge in [-0.25, -0.2) is 0 Å². The van der Waals surface area contributed by atoms with Crippen molar-refractivity contribution < 1.29 is 12.3 Å². The van der Waals surface area contributed by atoms with Crippen molar-refractivity contribution >= 4 is 5.97 Å². The van der Waals surface area contributed by atoms with Gasteiger partial charge in [-0.15, -0.1) is 6.53 Å². The van der Waals surface area contributed by atoms with E-state index in [1.54, 1.807) is 0 Å². The molecule has 0 radical (unpaired) electrons. The zero-order valence-electron chi connectivity index (χ0n) is 6.10. The van der Waals surface area contributed by atoms with Crippen molar-refractivity contribution in [2.24, 2.45) is 0 Å². The van der Waals surface area contributed by atoms with Gasteiger partial charge < -0.3 is 4.74 Å². The fourth-order valence-corrected chi connectivity index (χ4v) is 0.167. The van der Waals surface area contributed by atoms with Crippen LogP contribution in [0.1, 0.15) is 9.16 Å². The summed E-state index contributed by atoms with van der Waals surface area (Å²) in [4.78, 5) is 10.3. The maximum absolute atomic E-state index is 10.3. The summed E-state index contributed by atoms with van der Waals surface area (Å²) in [5.74, 6) is -0.424. The molecular formula is C5H8O2. The molecule has 0 rings (SSSR count). The van der Waals surface area contributed by atoms with Gasteiger partial charge in [-0.2, -0.15) is 0 Å². The van der Waals surface area contributed by atoms with E-state index >= 15 is 0 Å². The fourth-order valence-electron chi connectivity index (χ4n) is 0.167. The van der Waals surface area contributed by atoms with E-state index < -0.39 is 5.97 Å². The fraction of sp³-hybridized carbons (Fsp3) is 0.400. The summed E-state index contributed by atoms with van der Waals surface area (Å²) in [5, 5.41) is 0. The van der Waals surface area contributed by atoms with Crippen molar-refractivity contribution in [3.63, 3.8) is 0 Å². The molecule has 0 fully saturated rings. The van der Waals surface area contributed by atoms with Gasteiger partial charge in [0.05, 0.1) is 16.3 Å². The van der Waals surface area contributed by atoms with Crippen LogP contribution in [-0.4, -0.2) is 13.1 Å². The first-order valence-electron chi connectivity index (χ1n) is 2.87. The van der Waals surface area contributed by atoms with Gasteiger partial charge in [0.1, 0.15) is 0 Å². The molecule has 0 aliphatic heterocycles. The van der Waals surface area contributed by atoms with Crippen LogP contribution in [0.3, 0.4) is 0 Å². The summed E-state index contributed by atoms with van der Waals surface area (Å²) < 4.78 is 17.4. The van der Waals surface area contributed by atoms with E-state index in [-0.39, 0.29) is 13.0 Å². The zero-order chi connectivity index (χ0) is 7.28. The molecule has 0 aliphatic carbocycles. The highest BCUT2D eigenvalue weighted by Crippen LogP contribution is 1.80. The highest BCUT2D eigenvalue weighted by atomic mass is 16.5. The molecule has 0 atom stereocenters. The van der Waals surface area contributed by atoms with Crippen LogP contribution in [-0.2, 0) is 9.53 Å². The quantitative estimate of drug-likeness (QED) is 0.379. The van der Waals surface area contributed by atoms with Crippen LogP contribution in [0.2, 0.25) is 0 Å². The molecule has 40 valence electrons. The average Bonchev–Trinajstić information content (AvgIpc) is 1.83. The highest BCUT2D eigenvalue weighted by molar-refractivity contribution is 5.70. The number of ether oxygens (including phenoxy) is 1. The number of esters is 1. The first kappa shape index (κ1) is 3.24. The summed E-state index contributed by atoms with van der Waals surface area (Å²) in [5.41, 5.74) is 0. The van der Waals surface area contributed by atoms with Gasteiger partial charge in [0, 0.05) is 0 Å². The number of carbonyl (C=O) groups excluding carboxylic acids is 1. The van der Waals surface area contributed by atoms with Crippen molar-refractivity contribution in [2.45, 2.75) is 6.42 Å². The Balaban J connectivity index is 3.50. The van der Waals surface area contributed by atoms with Gasteiger partial charge >= 0.3 is 5.97 Å². The third kappa shape index (κ3) is 3.03. The zero-order valence-corrected chi connectivity index (χ0v) is 4.10. The Morgan fingerprint density at radius 3 is 3.43 bits per heavy atom. The normalized spacial score (nSPS) is 11.0. The topological polar surface area (TPSA) is 26.3 Å². The summed E-state index contributed by atoms with van der Waals surface area (Å²) in [6, 6.07) is 0. The highest BCUT2D eigenvalue weighted by Gasteiger charge is 1.90. The molecule has 0 unspecified atom stereocenters. The number of hydrogen-bond acceptors (Lipinski definition) is 2. The van der Waals surface area contributed by atoms with Crippen LogP contribution >= 0.6 is 0 Å². The summed E-state index contributed by atoms with van der Waals surface area (Å²) in [6.45, 7) is -0.361. The van der Waals surface area contributed by atoms with Crippen molar-refractivity contribution in [3.05, 3.63) is 12.6 Å². The van der Waals surface area contributed by atoms with Crippen molar-refractivity contribution in [2.75, 3.05) is 7.11 Å². The van der Waals surface area contributed by atoms with E-state index in [1.165, 1.54) is 13.2 Å². The molecular weight excluding hydrogens is 92.1 g/mol. The lowest BCUT2D eigenvalue weighted by Gasteiger charge is -1.88. The Hall–Kier alpha value is -0.790. The molecule has 0 saturated carbocycles. The second-order valence-electron chi connectivity index (χ2n) is 0.984. The van der Waals surface area contributed by atoms with Crippen LogP contribution in [0.25, 0.3) is 0 Å². The Morgan fingerprint density at radius 1 is 2.29 bits per heavy atom. The van der Waals surface area contributed by atoms with Crippen LogP contribution in [0.4, 0.5) is 0 Å². The first-order chi connectivity index (χ1) is 4.16. The molecule has 0 aromatic heterocycles. The Labute approximate surface area is 45.6 Å². The predicted molar refractivity (Wildman–Crippen MR) is 26.8 cm³/mol. The van der Waals surface area contributed by atoms with Crippen molar-refractivity contribution in [1.29, 1.82) is 0 Å². The third-order valence-corrected chi connectivity index (χ3v) is 0.496. The maximum atomic E-state index is 10.3. The lowest BCUT2D eigenvalue weighted by atomic mass is 10.4. The monoisotopic (exact) mass is 102 g/mol. The third-order valence-electron chi connectivity index (χ3n) is 0.496. The van der Waals surface area contributed by atoms with Gasteiger partial charge in [0.25, 0.3) is 0 Å². The number of methoxy groups -OCH3 is 1. The number of hydrogen-bond donors (Lipinski definition) is 0. The minimum absolute atomic E-state index is 0.0127. The molecule has 0 aromatic carbocycles. The Kier molecular flexibility index (Phi) is 1.58. The van der Waals surface area contributed by atoms with E-state index in [4.69, 9.17) is 2.74 Å². The van der Waals surface area contributed by atoms with E-state index in [9.17, 15) is 4.79 Å². The van der Waals surface area contributed by atoms with E-state index in [2.05, 4.69) is 4.74 Å². The van der Waals surface area contributed by atoms with Crippen molar-refractivity contribution in [3.8, 4) is 0 Å². The largest absolute Gasteiger partial charge is 0.469 e. The SMILES string of the molecule is [2H]C([2H])=CCC(=O)OC. The maximum Gasteiger partial charge on any atom is 0.309 e. The molecule has 0 aromatic rings. The minimum atomic E-state index is -0.424. The average molecular weight is 102 g/mol. The number of carbonyl (C=O) groups is 1. The van der Waals surface area contributed by atoms with E-state index in [1.807, 2.05) is 0 Å². The van der Waals surface area contributed by atoms with Crippen molar-refractivity contribution in [1.82, 2.24) is 0 Å². The molecule has 2 nitrogen and oxygen atoms in total. The van der Waals surface area contributed by atoms with Crippen LogP contribution in [0.15, 0.2) is 12.6 Å². The summed E-state index contributed by atoms with van der Waals surface area (Å²) >= 11 is 0. The van der Waals surface area contributed by atoms with E-state index in [0.717, 1.165) is 0 Å². The lowest BCUT2D eigenvalue weighted by molar-refractivity contribution is -0.139. The summed E-state index contributed by atoms with van der Waals surface area (Å²) in [7, 11) is 1.27. The van der Waals surface area contributed by atoms with E-state index in [0.29, 0.717) is 0 Å². The molecule has 0 spiro atoms. The summed E-state index contributed by atoms with van der Waals surface area (Å²) in [6.07, 6.45) is 1.19. The Bertz CT molecular complexity index is 127. The standard InChI is InChI=1S/C5H8O2/c1-3-4-5(6)7-2/h3H,1,4H2,2H3/i1D2. The second-order valence-corrected chi connectivity index (χ2v) is 0.984. The van der Waals surface area contributed by atoms with Crippen LogP contribution in [0, 0.1) is 0 Å². The predicted octanol–water partition coefficient (Wildman–Crippen LogP) is 0.736. The Morgan fingerprint density at radius 2 is 3.00 bits per heavy atom. The molecule has 0 saturated heterocycles. The minimum Gasteiger partial charge on any atom is -0.469 e. The lowest BCUT2D eigenvalue weighted by Crippen LogP contribution is -1.95. The molecule has 0 amide bonds. The first-order valence-corrected chi connectivity index (χ1v) is 1.87. The molecule has 0 aliphatic rings.